The highest BCUT2D eigenvalue weighted by molar-refractivity contribution is 6.46. The van der Waals surface area contributed by atoms with Gasteiger partial charge < -0.3 is 24.6 Å². The summed E-state index contributed by atoms with van der Waals surface area (Å²) in [5.41, 5.74) is 2.00. The molecule has 1 aliphatic heterocycles. The van der Waals surface area contributed by atoms with Gasteiger partial charge in [0.25, 0.3) is 11.7 Å². The number of aliphatic hydroxyl groups excluding tert-OH is 1. The smallest absolute Gasteiger partial charge is 0.354 e. The number of carbonyl (C=O) groups is 3. The van der Waals surface area contributed by atoms with Crippen molar-refractivity contribution in [1.29, 1.82) is 0 Å². The van der Waals surface area contributed by atoms with E-state index in [9.17, 15) is 19.5 Å². The number of amides is 1. The van der Waals surface area contributed by atoms with Crippen LogP contribution in [0.25, 0.3) is 5.76 Å². The number of nitrogens with one attached hydrogen (secondary N) is 1. The van der Waals surface area contributed by atoms with Crippen LogP contribution < -0.4 is 0 Å². The maximum atomic E-state index is 13.3. The maximum absolute atomic E-state index is 13.3. The number of nitrogens with zero attached hydrogens (tertiary/aromatic N) is 2. The third kappa shape index (κ3) is 5.13. The number of aryl methyl sites for hydroxylation is 1. The predicted octanol–water partition coefficient (Wildman–Crippen LogP) is 4.23. The lowest BCUT2D eigenvalue weighted by atomic mass is 9.94. The van der Waals surface area contributed by atoms with Crippen LogP contribution in [-0.2, 0) is 14.3 Å². The molecule has 1 aliphatic rings. The van der Waals surface area contributed by atoms with Crippen LogP contribution in [-0.4, -0.2) is 70.8 Å². The Hall–Kier alpha value is -3.10. The monoisotopic (exact) mass is 501 g/mol. The van der Waals surface area contributed by atoms with E-state index < -0.39 is 23.7 Å². The minimum Gasteiger partial charge on any atom is -0.507 e. The quantitative estimate of drug-likeness (QED) is 0.231. The van der Waals surface area contributed by atoms with Crippen molar-refractivity contribution in [1.82, 2.24) is 14.8 Å². The second-order valence-electron chi connectivity index (χ2n) is 8.54. The van der Waals surface area contributed by atoms with Gasteiger partial charge in [-0.05, 0) is 63.2 Å². The number of benzene rings is 1. The topological polar surface area (TPSA) is 103 Å². The standard InChI is InChI=1S/C26H32ClN3O5/c1-6-29(7-2)12-9-13-30-22(17-10-8-11-18(27)14-17)20(24(32)25(30)33)23(31)19-15(3)21(26(34)35-5)28-16(19)4/h8,10-11,14,22,28,31H,6-7,9,12-13H2,1-5H3/b23-20+/t22-/m0/s1. The molecule has 0 radical (unpaired) electrons. The number of halogens is 1. The largest absolute Gasteiger partial charge is 0.507 e. The van der Waals surface area contributed by atoms with Crippen LogP contribution in [0, 0.1) is 13.8 Å². The SMILES string of the molecule is CCN(CC)CCCN1C(=O)C(=O)/C(=C(/O)c2c(C)[nH]c(C(=O)OC)c2C)[C@@H]1c1cccc(Cl)c1. The van der Waals surface area contributed by atoms with E-state index >= 15 is 0 Å². The number of ether oxygens (including phenoxy) is 1. The molecule has 1 fully saturated rings. The molecule has 3 rings (SSSR count). The molecule has 0 bridgehead atoms. The van der Waals surface area contributed by atoms with Crippen LogP contribution >= 0.6 is 11.6 Å². The number of Topliss-reactive ketones (excluding diaryl/α,β-unsaturated/α-hetero) is 1. The molecule has 9 heteroatoms. The third-order valence-corrected chi connectivity index (χ3v) is 6.77. The summed E-state index contributed by atoms with van der Waals surface area (Å²) in [5.74, 6) is -2.36. The number of hydrogen-bond donors (Lipinski definition) is 2. The Morgan fingerprint density at radius 3 is 2.51 bits per heavy atom. The van der Waals surface area contributed by atoms with Crippen LogP contribution in [0.2, 0.25) is 5.02 Å². The molecule has 2 N–H and O–H groups in total. The van der Waals surface area contributed by atoms with Gasteiger partial charge in [-0.3, -0.25) is 9.59 Å². The minimum atomic E-state index is -0.805. The minimum absolute atomic E-state index is 0.0262. The zero-order chi connectivity index (χ0) is 25.9. The number of carbonyl (C=O) groups excluding carboxylic acids is 3. The summed E-state index contributed by atoms with van der Waals surface area (Å²) in [6.07, 6.45) is 0.667. The molecule has 1 saturated heterocycles. The van der Waals surface area contributed by atoms with Crippen molar-refractivity contribution in [3.05, 3.63) is 62.9 Å². The van der Waals surface area contributed by atoms with E-state index in [1.54, 1.807) is 38.1 Å². The number of H-pyrrole nitrogens is 1. The van der Waals surface area contributed by atoms with E-state index in [0.717, 1.165) is 19.6 Å². The van der Waals surface area contributed by atoms with E-state index in [1.807, 2.05) is 0 Å². The number of aromatic nitrogens is 1. The number of methoxy groups -OCH3 is 1. The highest BCUT2D eigenvalue weighted by Gasteiger charge is 2.46. The van der Waals surface area contributed by atoms with Gasteiger partial charge in [0.2, 0.25) is 0 Å². The highest BCUT2D eigenvalue weighted by atomic mass is 35.5. The third-order valence-electron chi connectivity index (χ3n) is 6.54. The average molecular weight is 502 g/mol. The van der Waals surface area contributed by atoms with E-state index in [1.165, 1.54) is 12.0 Å². The Balaban J connectivity index is 2.12. The summed E-state index contributed by atoms with van der Waals surface area (Å²) in [5, 5.41) is 11.9. The lowest BCUT2D eigenvalue weighted by molar-refractivity contribution is -0.140. The molecule has 0 unspecified atom stereocenters. The van der Waals surface area contributed by atoms with Gasteiger partial charge in [-0.25, -0.2) is 4.79 Å². The van der Waals surface area contributed by atoms with Crippen molar-refractivity contribution in [3.63, 3.8) is 0 Å². The van der Waals surface area contributed by atoms with Gasteiger partial charge in [0.15, 0.2) is 0 Å². The Bertz CT molecular complexity index is 1170. The second-order valence-corrected chi connectivity index (χ2v) is 8.98. The average Bonchev–Trinajstić information content (AvgIpc) is 3.28. The number of likely N-dealkylation sites (tertiary alicyclic amines) is 1. The van der Waals surface area contributed by atoms with Crippen molar-refractivity contribution in [2.75, 3.05) is 33.3 Å². The summed E-state index contributed by atoms with van der Waals surface area (Å²) in [4.78, 5) is 45.3. The van der Waals surface area contributed by atoms with Crippen molar-refractivity contribution in [2.24, 2.45) is 0 Å². The van der Waals surface area contributed by atoms with Crippen molar-refractivity contribution < 1.29 is 24.2 Å². The molecule has 35 heavy (non-hydrogen) atoms. The molecular formula is C26H32ClN3O5. The Morgan fingerprint density at radius 1 is 1.23 bits per heavy atom. The summed E-state index contributed by atoms with van der Waals surface area (Å²) in [6, 6.07) is 6.13. The fraction of sp³-hybridized carbons (Fsp3) is 0.423. The summed E-state index contributed by atoms with van der Waals surface area (Å²) in [7, 11) is 1.26. The molecule has 2 aromatic rings. The Labute approximate surface area is 210 Å². The number of esters is 1. The van der Waals surface area contributed by atoms with Crippen molar-refractivity contribution in [2.45, 2.75) is 40.2 Å². The van der Waals surface area contributed by atoms with E-state index in [4.69, 9.17) is 16.3 Å². The molecule has 0 aliphatic carbocycles. The van der Waals surface area contributed by atoms with Crippen molar-refractivity contribution in [3.8, 4) is 0 Å². The van der Waals surface area contributed by atoms with Gasteiger partial charge in [0.1, 0.15) is 11.5 Å². The summed E-state index contributed by atoms with van der Waals surface area (Å²) >= 11 is 6.25. The highest BCUT2D eigenvalue weighted by Crippen LogP contribution is 2.41. The van der Waals surface area contributed by atoms with Crippen LogP contribution in [0.4, 0.5) is 0 Å². The molecule has 188 valence electrons. The normalized spacial score (nSPS) is 17.5. The number of aromatic amines is 1. The first-order valence-electron chi connectivity index (χ1n) is 11.7. The van der Waals surface area contributed by atoms with E-state index in [-0.39, 0.29) is 17.0 Å². The fourth-order valence-corrected chi connectivity index (χ4v) is 4.88. The molecule has 0 spiro atoms. The fourth-order valence-electron chi connectivity index (χ4n) is 4.68. The number of rotatable bonds is 9. The van der Waals surface area contributed by atoms with Crippen LogP contribution in [0.5, 0.6) is 0 Å². The number of aliphatic hydroxyl groups is 1. The second kappa shape index (κ2) is 11.1. The zero-order valence-corrected chi connectivity index (χ0v) is 21.5. The first kappa shape index (κ1) is 26.5. The van der Waals surface area contributed by atoms with Gasteiger partial charge in [-0.1, -0.05) is 37.6 Å². The summed E-state index contributed by atoms with van der Waals surface area (Å²) < 4.78 is 4.82. The predicted molar refractivity (Wildman–Crippen MR) is 134 cm³/mol. The molecule has 1 atom stereocenters. The van der Waals surface area contributed by atoms with E-state index in [2.05, 4.69) is 23.7 Å². The van der Waals surface area contributed by atoms with Crippen molar-refractivity contribution >= 4 is 35.0 Å². The molecule has 2 heterocycles. The number of ketones is 1. The van der Waals surface area contributed by atoms with Gasteiger partial charge in [0.05, 0.1) is 18.7 Å². The van der Waals surface area contributed by atoms with Crippen LogP contribution in [0.3, 0.4) is 0 Å². The Kier molecular flexibility index (Phi) is 8.40. The van der Waals surface area contributed by atoms with E-state index in [0.29, 0.717) is 40.4 Å². The molecular weight excluding hydrogens is 470 g/mol. The molecule has 1 aromatic carbocycles. The first-order chi connectivity index (χ1) is 16.7. The Morgan fingerprint density at radius 2 is 1.91 bits per heavy atom. The van der Waals surface area contributed by atoms with Gasteiger partial charge in [-0.15, -0.1) is 0 Å². The molecule has 1 amide bonds. The lowest BCUT2D eigenvalue weighted by Gasteiger charge is -2.27. The molecule has 8 nitrogen and oxygen atoms in total. The number of hydrogen-bond acceptors (Lipinski definition) is 6. The van der Waals surface area contributed by atoms with Gasteiger partial charge >= 0.3 is 5.97 Å². The summed E-state index contributed by atoms with van der Waals surface area (Å²) in [6.45, 7) is 10.4. The lowest BCUT2D eigenvalue weighted by Crippen LogP contribution is -2.33. The van der Waals surface area contributed by atoms with Crippen LogP contribution in [0.15, 0.2) is 29.8 Å². The zero-order valence-electron chi connectivity index (χ0n) is 20.8. The van der Waals surface area contributed by atoms with Crippen LogP contribution in [0.1, 0.15) is 59.2 Å². The van der Waals surface area contributed by atoms with Gasteiger partial charge in [-0.2, -0.15) is 0 Å². The molecule has 1 aromatic heterocycles. The first-order valence-corrected chi connectivity index (χ1v) is 12.1. The molecule has 0 saturated carbocycles. The maximum Gasteiger partial charge on any atom is 0.354 e. The van der Waals surface area contributed by atoms with Gasteiger partial charge in [0, 0.05) is 22.8 Å².